The largest absolute Gasteiger partial charge is 0.332 e. The molecule has 116 valence electrons. The molecule has 0 aromatic heterocycles. The van der Waals surface area contributed by atoms with E-state index in [1.54, 1.807) is 0 Å². The molecule has 1 amide bonds. The fourth-order valence-corrected chi connectivity index (χ4v) is 2.79. The predicted molar refractivity (Wildman–Crippen MR) is 91.6 cm³/mol. The first-order valence-corrected chi connectivity index (χ1v) is 8.02. The highest BCUT2D eigenvalue weighted by atomic mass is 16.2. The second-order valence-corrected chi connectivity index (χ2v) is 6.00. The maximum atomic E-state index is 12.7. The molecule has 2 aromatic rings. The molecule has 0 bridgehead atoms. The number of carbonyl (C=O) groups is 1. The highest BCUT2D eigenvalue weighted by Gasteiger charge is 2.25. The monoisotopic (exact) mass is 295 g/mol. The Bertz CT molecular complexity index is 538. The van der Waals surface area contributed by atoms with E-state index in [0.717, 1.165) is 11.1 Å². The zero-order valence-corrected chi connectivity index (χ0v) is 13.7. The molecule has 0 spiro atoms. The van der Waals surface area contributed by atoms with Gasteiger partial charge in [-0.25, -0.2) is 0 Å². The molecule has 0 saturated heterocycles. The highest BCUT2D eigenvalue weighted by Crippen LogP contribution is 2.29. The third kappa shape index (κ3) is 3.97. The van der Waals surface area contributed by atoms with Crippen molar-refractivity contribution in [1.29, 1.82) is 0 Å². The lowest BCUT2D eigenvalue weighted by molar-refractivity contribution is -0.133. The van der Waals surface area contributed by atoms with Gasteiger partial charge in [0.1, 0.15) is 0 Å². The number of hydrogen-bond acceptors (Lipinski definition) is 1. The number of amides is 1. The van der Waals surface area contributed by atoms with Crippen LogP contribution in [0.3, 0.4) is 0 Å². The van der Waals surface area contributed by atoms with Gasteiger partial charge >= 0.3 is 0 Å². The van der Waals surface area contributed by atoms with E-state index in [1.165, 1.54) is 0 Å². The second-order valence-electron chi connectivity index (χ2n) is 6.00. The van der Waals surface area contributed by atoms with Crippen LogP contribution in [0.4, 0.5) is 0 Å². The molecule has 0 fully saturated rings. The van der Waals surface area contributed by atoms with Crippen LogP contribution in [0.25, 0.3) is 0 Å². The van der Waals surface area contributed by atoms with E-state index in [9.17, 15) is 4.79 Å². The van der Waals surface area contributed by atoms with Crippen molar-refractivity contribution < 1.29 is 4.79 Å². The average molecular weight is 295 g/mol. The third-order valence-electron chi connectivity index (χ3n) is 3.79. The van der Waals surface area contributed by atoms with Crippen molar-refractivity contribution in [2.24, 2.45) is 5.92 Å². The summed E-state index contributed by atoms with van der Waals surface area (Å²) in [5, 5.41) is 0. The summed E-state index contributed by atoms with van der Waals surface area (Å²) in [6.07, 6.45) is 0.587. The van der Waals surface area contributed by atoms with Crippen LogP contribution in [0.2, 0.25) is 0 Å². The molecule has 0 radical (unpaired) electrons. The minimum Gasteiger partial charge on any atom is -0.332 e. The molecular formula is C20H25NO. The van der Waals surface area contributed by atoms with Crippen molar-refractivity contribution in [1.82, 2.24) is 4.90 Å². The van der Waals surface area contributed by atoms with E-state index in [1.807, 2.05) is 41.3 Å². The van der Waals surface area contributed by atoms with E-state index in [2.05, 4.69) is 45.0 Å². The molecule has 0 aliphatic carbocycles. The van der Waals surface area contributed by atoms with Crippen molar-refractivity contribution in [2.75, 3.05) is 6.54 Å². The van der Waals surface area contributed by atoms with Crippen LogP contribution < -0.4 is 0 Å². The standard InChI is InChI=1S/C20H25NO/c1-4-21(19(22)15-16(2)3)20(17-11-7-5-8-12-17)18-13-9-6-10-14-18/h5-14,16,20H,4,15H2,1-3H3. The van der Waals surface area contributed by atoms with E-state index in [0.29, 0.717) is 18.9 Å². The summed E-state index contributed by atoms with van der Waals surface area (Å²) in [6.45, 7) is 6.94. The molecule has 0 N–H and O–H groups in total. The summed E-state index contributed by atoms with van der Waals surface area (Å²) in [4.78, 5) is 14.7. The van der Waals surface area contributed by atoms with Gasteiger partial charge in [0.15, 0.2) is 0 Å². The van der Waals surface area contributed by atoms with Gasteiger partial charge in [0, 0.05) is 13.0 Å². The van der Waals surface area contributed by atoms with E-state index >= 15 is 0 Å². The first-order chi connectivity index (χ1) is 10.6. The Hall–Kier alpha value is -2.09. The topological polar surface area (TPSA) is 20.3 Å². The third-order valence-corrected chi connectivity index (χ3v) is 3.79. The Labute approximate surface area is 133 Å². The van der Waals surface area contributed by atoms with Gasteiger partial charge in [-0.05, 0) is 24.0 Å². The zero-order valence-electron chi connectivity index (χ0n) is 13.7. The van der Waals surface area contributed by atoms with Gasteiger partial charge in [0.05, 0.1) is 6.04 Å². The molecule has 0 heterocycles. The summed E-state index contributed by atoms with van der Waals surface area (Å²) in [7, 11) is 0. The fraction of sp³-hybridized carbons (Fsp3) is 0.350. The maximum absolute atomic E-state index is 12.7. The Morgan fingerprint density at radius 2 is 1.36 bits per heavy atom. The van der Waals surface area contributed by atoms with Crippen molar-refractivity contribution in [2.45, 2.75) is 33.2 Å². The minimum atomic E-state index is -0.0151. The van der Waals surface area contributed by atoms with Gasteiger partial charge in [0.2, 0.25) is 5.91 Å². The van der Waals surface area contributed by atoms with Gasteiger partial charge in [-0.3, -0.25) is 4.79 Å². The predicted octanol–water partition coefficient (Wildman–Crippen LogP) is 4.67. The average Bonchev–Trinajstić information content (AvgIpc) is 2.53. The lowest BCUT2D eigenvalue weighted by Gasteiger charge is -2.32. The number of hydrogen-bond donors (Lipinski definition) is 0. The van der Waals surface area contributed by atoms with Crippen LogP contribution in [-0.4, -0.2) is 17.4 Å². The fourth-order valence-electron chi connectivity index (χ4n) is 2.79. The Balaban J connectivity index is 2.41. The van der Waals surface area contributed by atoms with Crippen LogP contribution in [0.5, 0.6) is 0 Å². The molecule has 2 nitrogen and oxygen atoms in total. The molecule has 0 aliphatic rings. The Kier molecular flexibility index (Phi) is 5.76. The summed E-state index contributed by atoms with van der Waals surface area (Å²) < 4.78 is 0. The second kappa shape index (κ2) is 7.79. The van der Waals surface area contributed by atoms with Gasteiger partial charge in [-0.1, -0.05) is 74.5 Å². The van der Waals surface area contributed by atoms with Crippen molar-refractivity contribution >= 4 is 5.91 Å². The highest BCUT2D eigenvalue weighted by molar-refractivity contribution is 5.77. The van der Waals surface area contributed by atoms with E-state index in [4.69, 9.17) is 0 Å². The molecule has 2 rings (SSSR count). The van der Waals surface area contributed by atoms with E-state index in [-0.39, 0.29) is 11.9 Å². The molecule has 0 unspecified atom stereocenters. The van der Waals surface area contributed by atoms with Crippen molar-refractivity contribution in [3.05, 3.63) is 71.8 Å². The van der Waals surface area contributed by atoms with Gasteiger partial charge in [-0.15, -0.1) is 0 Å². The van der Waals surface area contributed by atoms with Gasteiger partial charge in [-0.2, -0.15) is 0 Å². The number of nitrogens with zero attached hydrogens (tertiary/aromatic N) is 1. The van der Waals surface area contributed by atoms with Crippen LogP contribution in [-0.2, 0) is 4.79 Å². The first-order valence-electron chi connectivity index (χ1n) is 8.02. The van der Waals surface area contributed by atoms with Crippen molar-refractivity contribution in [3.63, 3.8) is 0 Å². The van der Waals surface area contributed by atoms with Crippen LogP contribution in [0.15, 0.2) is 60.7 Å². The maximum Gasteiger partial charge on any atom is 0.223 e. The molecular weight excluding hydrogens is 270 g/mol. The number of rotatable bonds is 6. The molecule has 22 heavy (non-hydrogen) atoms. The zero-order chi connectivity index (χ0) is 15.9. The Morgan fingerprint density at radius 3 is 1.73 bits per heavy atom. The minimum absolute atomic E-state index is 0.0151. The SMILES string of the molecule is CCN(C(=O)CC(C)C)C(c1ccccc1)c1ccccc1. The summed E-state index contributed by atoms with van der Waals surface area (Å²) in [6, 6.07) is 20.5. The smallest absolute Gasteiger partial charge is 0.223 e. The van der Waals surface area contributed by atoms with Gasteiger partial charge in [0.25, 0.3) is 0 Å². The van der Waals surface area contributed by atoms with E-state index < -0.39 is 0 Å². The number of benzene rings is 2. The van der Waals surface area contributed by atoms with Crippen LogP contribution in [0, 0.1) is 5.92 Å². The molecule has 0 aliphatic heterocycles. The lowest BCUT2D eigenvalue weighted by Crippen LogP contribution is -2.36. The lowest BCUT2D eigenvalue weighted by atomic mass is 9.96. The molecule has 2 aromatic carbocycles. The summed E-state index contributed by atoms with van der Waals surface area (Å²) >= 11 is 0. The summed E-state index contributed by atoms with van der Waals surface area (Å²) in [5.41, 5.74) is 2.32. The van der Waals surface area contributed by atoms with Crippen LogP contribution >= 0.6 is 0 Å². The Morgan fingerprint density at radius 1 is 0.909 bits per heavy atom. The van der Waals surface area contributed by atoms with Gasteiger partial charge < -0.3 is 4.90 Å². The normalized spacial score (nSPS) is 11.0. The quantitative estimate of drug-likeness (QED) is 0.758. The van der Waals surface area contributed by atoms with Crippen LogP contribution in [0.1, 0.15) is 44.4 Å². The van der Waals surface area contributed by atoms with Crippen molar-refractivity contribution in [3.8, 4) is 0 Å². The molecule has 2 heteroatoms. The molecule has 0 atom stereocenters. The number of carbonyl (C=O) groups excluding carboxylic acids is 1. The molecule has 0 saturated carbocycles. The summed E-state index contributed by atoms with van der Waals surface area (Å²) in [5.74, 6) is 0.587. The first kappa shape index (κ1) is 16.3.